The fraction of sp³-hybridized carbons (Fsp3) is 0.462. The molecule has 0 radical (unpaired) electrons. The third-order valence-corrected chi connectivity index (χ3v) is 4.98. The molecular weight excluding hydrogens is 298 g/mol. The molecule has 1 aliphatic carbocycles. The first-order valence-electron chi connectivity index (χ1n) is 6.34. The van der Waals surface area contributed by atoms with Crippen LogP contribution in [-0.2, 0) is 14.8 Å². The maximum absolute atomic E-state index is 12.2. The molecule has 0 amide bonds. The molecule has 0 spiro atoms. The lowest BCUT2D eigenvalue weighted by Gasteiger charge is -2.34. The molecule has 0 atom stereocenters. The second-order valence-electron chi connectivity index (χ2n) is 4.81. The van der Waals surface area contributed by atoms with Crippen LogP contribution in [0.1, 0.15) is 23.2 Å². The Hall–Kier alpha value is -1.64. The van der Waals surface area contributed by atoms with E-state index in [1.807, 2.05) is 0 Å². The van der Waals surface area contributed by atoms with Gasteiger partial charge in [0.15, 0.2) is 0 Å². The first-order valence-corrected chi connectivity index (χ1v) is 7.82. The number of hydrogen-bond acceptors (Lipinski definition) is 5. The van der Waals surface area contributed by atoms with E-state index < -0.39 is 16.0 Å². The van der Waals surface area contributed by atoms with Crippen molar-refractivity contribution in [3.8, 4) is 5.75 Å². The lowest BCUT2D eigenvalue weighted by Crippen LogP contribution is -2.47. The summed E-state index contributed by atoms with van der Waals surface area (Å²) in [4.78, 5) is 11.0. The van der Waals surface area contributed by atoms with Crippen LogP contribution in [0.3, 0.4) is 0 Å². The molecule has 0 saturated heterocycles. The Morgan fingerprint density at radius 1 is 1.33 bits per heavy atom. The highest BCUT2D eigenvalue weighted by Crippen LogP contribution is 2.26. The van der Waals surface area contributed by atoms with E-state index in [9.17, 15) is 13.2 Å². The van der Waals surface area contributed by atoms with Crippen molar-refractivity contribution in [2.75, 3.05) is 14.2 Å². The van der Waals surface area contributed by atoms with Crippen molar-refractivity contribution < 1.29 is 27.8 Å². The zero-order chi connectivity index (χ0) is 15.6. The summed E-state index contributed by atoms with van der Waals surface area (Å²) in [5, 5.41) is 9.08. The number of carboxylic acids is 1. The number of hydrogen-bond donors (Lipinski definition) is 2. The van der Waals surface area contributed by atoms with Crippen LogP contribution in [-0.4, -0.2) is 45.9 Å². The molecule has 116 valence electrons. The average Bonchev–Trinajstić information content (AvgIpc) is 2.41. The Kier molecular flexibility index (Phi) is 4.50. The van der Waals surface area contributed by atoms with Gasteiger partial charge in [-0.15, -0.1) is 0 Å². The minimum atomic E-state index is -3.76. The Labute approximate surface area is 122 Å². The summed E-state index contributed by atoms with van der Waals surface area (Å²) < 4.78 is 37.0. The predicted octanol–water partition coefficient (Wildman–Crippen LogP) is 0.849. The second kappa shape index (κ2) is 6.00. The topological polar surface area (TPSA) is 102 Å². The van der Waals surface area contributed by atoms with E-state index in [4.69, 9.17) is 14.6 Å². The molecule has 0 unspecified atom stereocenters. The third kappa shape index (κ3) is 3.34. The maximum atomic E-state index is 12.2. The molecule has 0 aromatic heterocycles. The highest BCUT2D eigenvalue weighted by molar-refractivity contribution is 7.89. The van der Waals surface area contributed by atoms with E-state index in [0.29, 0.717) is 12.8 Å². The molecule has 1 aromatic rings. The van der Waals surface area contributed by atoms with Crippen molar-refractivity contribution in [1.29, 1.82) is 0 Å². The first kappa shape index (κ1) is 15.7. The van der Waals surface area contributed by atoms with Crippen LogP contribution < -0.4 is 9.46 Å². The average molecular weight is 315 g/mol. The Balaban J connectivity index is 2.20. The van der Waals surface area contributed by atoms with E-state index in [2.05, 4.69) is 4.72 Å². The fourth-order valence-corrected chi connectivity index (χ4v) is 3.45. The van der Waals surface area contributed by atoms with Crippen LogP contribution >= 0.6 is 0 Å². The van der Waals surface area contributed by atoms with Gasteiger partial charge in [-0.1, -0.05) is 0 Å². The smallest absolute Gasteiger partial charge is 0.339 e. The molecule has 2 N–H and O–H groups in total. The standard InChI is InChI=1S/C13H17NO6S/c1-19-9-5-8(6-9)14-21(17,18)10-3-4-12(20-2)11(7-10)13(15)16/h3-4,7-9,14H,5-6H2,1-2H3,(H,15,16). The molecule has 0 bridgehead atoms. The van der Waals surface area contributed by atoms with E-state index >= 15 is 0 Å². The monoisotopic (exact) mass is 315 g/mol. The summed E-state index contributed by atoms with van der Waals surface area (Å²) in [6.07, 6.45) is 1.29. The van der Waals surface area contributed by atoms with Gasteiger partial charge < -0.3 is 14.6 Å². The predicted molar refractivity (Wildman–Crippen MR) is 74.1 cm³/mol. The lowest BCUT2D eigenvalue weighted by atomic mass is 9.90. The maximum Gasteiger partial charge on any atom is 0.339 e. The van der Waals surface area contributed by atoms with E-state index in [1.165, 1.54) is 19.2 Å². The molecule has 21 heavy (non-hydrogen) atoms. The van der Waals surface area contributed by atoms with Gasteiger partial charge in [-0.2, -0.15) is 0 Å². The van der Waals surface area contributed by atoms with Crippen molar-refractivity contribution in [3.63, 3.8) is 0 Å². The molecule has 1 fully saturated rings. The minimum Gasteiger partial charge on any atom is -0.496 e. The summed E-state index contributed by atoms with van der Waals surface area (Å²) >= 11 is 0. The van der Waals surface area contributed by atoms with Crippen LogP contribution in [0.25, 0.3) is 0 Å². The van der Waals surface area contributed by atoms with Gasteiger partial charge in [0, 0.05) is 13.2 Å². The van der Waals surface area contributed by atoms with Crippen LogP contribution in [0.4, 0.5) is 0 Å². The van der Waals surface area contributed by atoms with Gasteiger partial charge in [-0.25, -0.2) is 17.9 Å². The van der Waals surface area contributed by atoms with Crippen LogP contribution in [0, 0.1) is 0 Å². The molecule has 2 rings (SSSR count). The fourth-order valence-electron chi connectivity index (χ4n) is 2.16. The summed E-state index contributed by atoms with van der Waals surface area (Å²) in [6, 6.07) is 3.56. The van der Waals surface area contributed by atoms with Gasteiger partial charge in [-0.05, 0) is 31.0 Å². The molecule has 7 nitrogen and oxygen atoms in total. The van der Waals surface area contributed by atoms with Crippen molar-refractivity contribution in [3.05, 3.63) is 23.8 Å². The van der Waals surface area contributed by atoms with Gasteiger partial charge in [0.1, 0.15) is 11.3 Å². The van der Waals surface area contributed by atoms with Crippen LogP contribution in [0.2, 0.25) is 0 Å². The highest BCUT2D eigenvalue weighted by atomic mass is 32.2. The molecule has 1 saturated carbocycles. The number of aromatic carboxylic acids is 1. The van der Waals surface area contributed by atoms with Gasteiger partial charge in [-0.3, -0.25) is 0 Å². The number of rotatable bonds is 6. The highest BCUT2D eigenvalue weighted by Gasteiger charge is 2.33. The van der Waals surface area contributed by atoms with Gasteiger partial charge in [0.05, 0.1) is 18.1 Å². The number of benzene rings is 1. The third-order valence-electron chi connectivity index (χ3n) is 3.46. The summed E-state index contributed by atoms with van der Waals surface area (Å²) in [5.41, 5.74) is -0.191. The van der Waals surface area contributed by atoms with Gasteiger partial charge in [0.2, 0.25) is 10.0 Å². The van der Waals surface area contributed by atoms with Crippen molar-refractivity contribution >= 4 is 16.0 Å². The summed E-state index contributed by atoms with van der Waals surface area (Å²) in [7, 11) is -0.849. The van der Waals surface area contributed by atoms with Crippen molar-refractivity contribution in [2.24, 2.45) is 0 Å². The zero-order valence-corrected chi connectivity index (χ0v) is 12.5. The normalized spacial score (nSPS) is 21.6. The van der Waals surface area contributed by atoms with E-state index in [-0.39, 0.29) is 28.4 Å². The van der Waals surface area contributed by atoms with E-state index in [0.717, 1.165) is 6.07 Å². The largest absolute Gasteiger partial charge is 0.496 e. The van der Waals surface area contributed by atoms with Crippen LogP contribution in [0.5, 0.6) is 5.75 Å². The number of carboxylic acid groups (broad SMARTS) is 1. The van der Waals surface area contributed by atoms with Gasteiger partial charge in [0.25, 0.3) is 0 Å². The first-order chi connectivity index (χ1) is 9.87. The number of nitrogens with one attached hydrogen (secondary N) is 1. The molecule has 8 heteroatoms. The number of methoxy groups -OCH3 is 2. The Morgan fingerprint density at radius 2 is 2.00 bits per heavy atom. The number of sulfonamides is 1. The minimum absolute atomic E-state index is 0.0724. The Morgan fingerprint density at radius 3 is 2.52 bits per heavy atom. The number of ether oxygens (including phenoxy) is 2. The van der Waals surface area contributed by atoms with E-state index in [1.54, 1.807) is 7.11 Å². The molecule has 1 aromatic carbocycles. The quantitative estimate of drug-likeness (QED) is 0.807. The Bertz CT molecular complexity index is 636. The molecule has 0 heterocycles. The van der Waals surface area contributed by atoms with Gasteiger partial charge >= 0.3 is 5.97 Å². The molecular formula is C13H17NO6S. The summed E-state index contributed by atoms with van der Waals surface area (Å²) in [6.45, 7) is 0. The zero-order valence-electron chi connectivity index (χ0n) is 11.7. The van der Waals surface area contributed by atoms with Crippen LogP contribution in [0.15, 0.2) is 23.1 Å². The molecule has 1 aliphatic rings. The van der Waals surface area contributed by atoms with Crippen molar-refractivity contribution in [1.82, 2.24) is 4.72 Å². The SMILES string of the molecule is COc1ccc(S(=O)(=O)NC2CC(OC)C2)cc1C(=O)O. The molecule has 0 aliphatic heterocycles. The lowest BCUT2D eigenvalue weighted by molar-refractivity contribution is 0.0236. The number of carbonyl (C=O) groups is 1. The summed E-state index contributed by atoms with van der Waals surface area (Å²) in [5.74, 6) is -1.13. The van der Waals surface area contributed by atoms with Crippen molar-refractivity contribution in [2.45, 2.75) is 29.9 Å². The second-order valence-corrected chi connectivity index (χ2v) is 6.53.